The van der Waals surface area contributed by atoms with E-state index in [1.54, 1.807) is 0 Å². The van der Waals surface area contributed by atoms with Crippen molar-refractivity contribution in [2.75, 3.05) is 6.61 Å². The minimum Gasteiger partial charge on any atom is -0.450 e. The molecule has 12 heavy (non-hydrogen) atoms. The minimum absolute atomic E-state index is 0.0164. The van der Waals surface area contributed by atoms with Crippen LogP contribution < -0.4 is 0 Å². The fourth-order valence-corrected chi connectivity index (χ4v) is 0.755. The molecule has 1 aromatic rings. The van der Waals surface area contributed by atoms with Crippen LogP contribution in [0.4, 0.5) is 0 Å². The van der Waals surface area contributed by atoms with Gasteiger partial charge in [0.15, 0.2) is 17.3 Å². The van der Waals surface area contributed by atoms with Crippen molar-refractivity contribution in [1.29, 1.82) is 0 Å². The lowest BCUT2D eigenvalue weighted by Gasteiger charge is -1.89. The molecule has 1 N–H and O–H groups in total. The van der Waals surface area contributed by atoms with Gasteiger partial charge in [-0.25, -0.2) is 0 Å². The molecule has 4 heteroatoms. The van der Waals surface area contributed by atoms with Gasteiger partial charge in [0.25, 0.3) is 0 Å². The molecule has 0 amide bonds. The molecule has 0 aliphatic heterocycles. The molecule has 1 heterocycles. The Morgan fingerprint density at radius 2 is 2.00 bits per heavy atom. The first-order chi connectivity index (χ1) is 5.65. The van der Waals surface area contributed by atoms with Crippen molar-refractivity contribution in [1.82, 2.24) is 0 Å². The van der Waals surface area contributed by atoms with Gasteiger partial charge in [-0.1, -0.05) is 0 Å². The van der Waals surface area contributed by atoms with Gasteiger partial charge in [-0.2, -0.15) is 0 Å². The van der Waals surface area contributed by atoms with E-state index >= 15 is 0 Å². The Balaban J connectivity index is 2.91. The second kappa shape index (κ2) is 3.32. The molecule has 0 radical (unpaired) electrons. The normalized spacial score (nSPS) is 9.83. The van der Waals surface area contributed by atoms with Gasteiger partial charge in [-0.05, 0) is 12.1 Å². The molecule has 0 aromatic carbocycles. The first-order valence-electron chi connectivity index (χ1n) is 3.40. The van der Waals surface area contributed by atoms with E-state index in [9.17, 15) is 9.59 Å². The lowest BCUT2D eigenvalue weighted by atomic mass is 10.3. The van der Waals surface area contributed by atoms with E-state index in [-0.39, 0.29) is 17.3 Å². The Morgan fingerprint density at radius 1 is 1.42 bits per heavy atom. The number of Topliss-reactive ketones (excluding diaryl/α,β-unsaturated/α-hetero) is 2. The summed E-state index contributed by atoms with van der Waals surface area (Å²) in [5.74, 6) is -0.621. The lowest BCUT2D eigenvalue weighted by molar-refractivity contribution is 0.0870. The molecule has 1 rings (SSSR count). The Bertz CT molecular complexity index is 311. The molecule has 0 aliphatic rings. The van der Waals surface area contributed by atoms with Gasteiger partial charge in [0.2, 0.25) is 5.78 Å². The molecule has 0 aliphatic carbocycles. The fraction of sp³-hybridized carbons (Fsp3) is 0.250. The van der Waals surface area contributed by atoms with Crippen LogP contribution in [0.3, 0.4) is 0 Å². The zero-order valence-electron chi connectivity index (χ0n) is 6.53. The fourth-order valence-electron chi connectivity index (χ4n) is 0.755. The topological polar surface area (TPSA) is 67.5 Å². The van der Waals surface area contributed by atoms with Crippen molar-refractivity contribution >= 4 is 11.6 Å². The molecule has 4 nitrogen and oxygen atoms in total. The van der Waals surface area contributed by atoms with E-state index in [4.69, 9.17) is 9.52 Å². The molecule has 0 spiro atoms. The number of ketones is 2. The lowest BCUT2D eigenvalue weighted by Crippen LogP contribution is -2.02. The quantitative estimate of drug-likeness (QED) is 0.673. The number of furan rings is 1. The average molecular weight is 168 g/mol. The number of carbonyl (C=O) groups excluding carboxylic acids is 2. The molecule has 0 unspecified atom stereocenters. The van der Waals surface area contributed by atoms with Crippen LogP contribution in [0.25, 0.3) is 0 Å². The first kappa shape index (κ1) is 8.67. The highest BCUT2D eigenvalue weighted by Crippen LogP contribution is 2.08. The van der Waals surface area contributed by atoms with Gasteiger partial charge in [0, 0.05) is 6.92 Å². The third-order valence-electron chi connectivity index (χ3n) is 1.37. The highest BCUT2D eigenvalue weighted by Gasteiger charge is 2.11. The Kier molecular flexibility index (Phi) is 2.40. The predicted octanol–water partition coefficient (Wildman–Crippen LogP) is 0.657. The molecular weight excluding hydrogens is 160 g/mol. The number of hydrogen-bond donors (Lipinski definition) is 1. The van der Waals surface area contributed by atoms with Crippen LogP contribution in [0.5, 0.6) is 0 Å². The summed E-state index contributed by atoms with van der Waals surface area (Å²) in [5.41, 5.74) is 0. The number of carbonyl (C=O) groups is 2. The second-order valence-electron chi connectivity index (χ2n) is 2.30. The number of hydrogen-bond acceptors (Lipinski definition) is 4. The molecule has 0 fully saturated rings. The van der Waals surface area contributed by atoms with E-state index in [0.29, 0.717) is 0 Å². The highest BCUT2D eigenvalue weighted by atomic mass is 16.4. The van der Waals surface area contributed by atoms with Gasteiger partial charge in [0.1, 0.15) is 6.61 Å². The van der Waals surface area contributed by atoms with Crippen LogP contribution in [-0.2, 0) is 0 Å². The van der Waals surface area contributed by atoms with Gasteiger partial charge in [-0.15, -0.1) is 0 Å². The van der Waals surface area contributed by atoms with E-state index in [1.165, 1.54) is 19.1 Å². The maximum atomic E-state index is 10.8. The van der Waals surface area contributed by atoms with Crippen molar-refractivity contribution in [2.45, 2.75) is 6.92 Å². The minimum atomic E-state index is -0.606. The summed E-state index contributed by atoms with van der Waals surface area (Å²) < 4.78 is 4.84. The van der Waals surface area contributed by atoms with E-state index in [0.717, 1.165) is 0 Å². The van der Waals surface area contributed by atoms with E-state index in [1.807, 2.05) is 0 Å². The molecule has 64 valence electrons. The third-order valence-corrected chi connectivity index (χ3v) is 1.37. The Labute approximate surface area is 68.8 Å². The second-order valence-corrected chi connectivity index (χ2v) is 2.30. The van der Waals surface area contributed by atoms with Gasteiger partial charge in [-0.3, -0.25) is 9.59 Å². The highest BCUT2D eigenvalue weighted by molar-refractivity contribution is 5.97. The monoisotopic (exact) mass is 168 g/mol. The molecular formula is C8H8O4. The molecule has 0 saturated heterocycles. The zero-order chi connectivity index (χ0) is 9.14. The average Bonchev–Trinajstić information content (AvgIpc) is 2.51. The standard InChI is InChI=1S/C8H8O4/c1-5(10)7-2-3-8(12-7)6(11)4-9/h2-3,9H,4H2,1H3. The smallest absolute Gasteiger partial charge is 0.223 e. The maximum absolute atomic E-state index is 10.8. The summed E-state index contributed by atoms with van der Waals surface area (Å²) in [6.45, 7) is 0.733. The maximum Gasteiger partial charge on any atom is 0.223 e. The molecule has 1 aromatic heterocycles. The number of rotatable bonds is 3. The summed E-state index contributed by atoms with van der Waals surface area (Å²) in [6, 6.07) is 2.78. The van der Waals surface area contributed by atoms with Crippen molar-refractivity contribution in [3.05, 3.63) is 23.7 Å². The van der Waals surface area contributed by atoms with Crippen molar-refractivity contribution in [2.24, 2.45) is 0 Å². The molecule has 0 atom stereocenters. The van der Waals surface area contributed by atoms with Crippen molar-refractivity contribution < 1.29 is 19.1 Å². The number of aliphatic hydroxyl groups is 1. The third kappa shape index (κ3) is 1.60. The summed E-state index contributed by atoms with van der Waals surface area (Å²) in [7, 11) is 0. The van der Waals surface area contributed by atoms with E-state index in [2.05, 4.69) is 0 Å². The van der Waals surface area contributed by atoms with Crippen LogP contribution >= 0.6 is 0 Å². The first-order valence-corrected chi connectivity index (χ1v) is 3.40. The summed E-state index contributed by atoms with van der Waals surface area (Å²) in [6.07, 6.45) is 0. The van der Waals surface area contributed by atoms with Crippen molar-refractivity contribution in [3.8, 4) is 0 Å². The van der Waals surface area contributed by atoms with Crippen LogP contribution in [0.2, 0.25) is 0 Å². The largest absolute Gasteiger partial charge is 0.450 e. The number of aliphatic hydroxyl groups excluding tert-OH is 1. The summed E-state index contributed by atoms with van der Waals surface area (Å²) in [4.78, 5) is 21.5. The van der Waals surface area contributed by atoms with Crippen LogP contribution in [0, 0.1) is 0 Å². The van der Waals surface area contributed by atoms with Crippen LogP contribution in [0.15, 0.2) is 16.5 Å². The molecule has 0 bridgehead atoms. The zero-order valence-corrected chi connectivity index (χ0v) is 6.53. The van der Waals surface area contributed by atoms with Gasteiger partial charge < -0.3 is 9.52 Å². The summed E-state index contributed by atoms with van der Waals surface area (Å²) in [5, 5.41) is 8.44. The van der Waals surface area contributed by atoms with Gasteiger partial charge >= 0.3 is 0 Å². The van der Waals surface area contributed by atoms with Crippen LogP contribution in [0.1, 0.15) is 28.0 Å². The van der Waals surface area contributed by atoms with Crippen molar-refractivity contribution in [3.63, 3.8) is 0 Å². The SMILES string of the molecule is CC(=O)c1ccc(C(=O)CO)o1. The van der Waals surface area contributed by atoms with Crippen LogP contribution in [-0.4, -0.2) is 23.3 Å². The predicted molar refractivity (Wildman–Crippen MR) is 40.1 cm³/mol. The molecule has 0 saturated carbocycles. The summed E-state index contributed by atoms with van der Waals surface area (Å²) >= 11 is 0. The van der Waals surface area contributed by atoms with Gasteiger partial charge in [0.05, 0.1) is 0 Å². The van der Waals surface area contributed by atoms with E-state index < -0.39 is 12.4 Å². The Morgan fingerprint density at radius 3 is 2.42 bits per heavy atom. The Hall–Kier alpha value is -1.42.